The molecule has 4 heteroatoms. The highest BCUT2D eigenvalue weighted by Gasteiger charge is 2.11. The van der Waals surface area contributed by atoms with Crippen molar-refractivity contribution in [2.45, 2.75) is 129 Å². The summed E-state index contributed by atoms with van der Waals surface area (Å²) in [5.41, 5.74) is 0. The predicted octanol–water partition coefficient (Wildman–Crippen LogP) is 7.79. The molecule has 0 radical (unpaired) electrons. The number of esters is 1. The number of unbranched alkanes of at least 4 members (excludes halogenated alkanes) is 15. The third-order valence-electron chi connectivity index (χ3n) is 5.57. The third-order valence-corrected chi connectivity index (χ3v) is 5.57. The van der Waals surface area contributed by atoms with Gasteiger partial charge in [0, 0.05) is 20.1 Å². The van der Waals surface area contributed by atoms with Crippen molar-refractivity contribution in [1.82, 2.24) is 0 Å². The summed E-state index contributed by atoms with van der Waals surface area (Å²) >= 11 is 0. The molecule has 0 aliphatic carbocycles. The molecular weight excluding hydrogens is 388 g/mol. The van der Waals surface area contributed by atoms with Crippen LogP contribution in [0.5, 0.6) is 0 Å². The molecule has 0 aliphatic rings. The first-order chi connectivity index (χ1) is 15.2. The van der Waals surface area contributed by atoms with Crippen LogP contribution in [0, 0.1) is 0 Å². The zero-order valence-electron chi connectivity index (χ0n) is 20.8. The lowest BCUT2D eigenvalue weighted by atomic mass is 10.0. The van der Waals surface area contributed by atoms with Crippen molar-refractivity contribution < 1.29 is 19.0 Å². The van der Waals surface area contributed by atoms with Gasteiger partial charge < -0.3 is 14.2 Å². The molecule has 184 valence electrons. The average molecular weight is 441 g/mol. The molecule has 4 nitrogen and oxygen atoms in total. The predicted molar refractivity (Wildman–Crippen MR) is 132 cm³/mol. The molecule has 31 heavy (non-hydrogen) atoms. The molecule has 0 bridgehead atoms. The molecule has 1 atom stereocenters. The number of allylic oxidation sites excluding steroid dienone is 1. The highest BCUT2D eigenvalue weighted by molar-refractivity contribution is 5.65. The van der Waals surface area contributed by atoms with Crippen LogP contribution in [0.15, 0.2) is 12.7 Å². The second-order valence-electron chi connectivity index (χ2n) is 8.75. The van der Waals surface area contributed by atoms with Crippen LogP contribution in [-0.4, -0.2) is 38.5 Å². The minimum atomic E-state index is -0.271. The van der Waals surface area contributed by atoms with Crippen molar-refractivity contribution >= 4 is 5.97 Å². The minimum absolute atomic E-state index is 0.167. The number of hydrogen-bond donors (Lipinski definition) is 0. The number of carbonyl (C=O) groups excluding carboxylic acids is 1. The summed E-state index contributed by atoms with van der Waals surface area (Å²) in [6.07, 6.45) is 23.9. The number of ether oxygens (including phenoxy) is 3. The summed E-state index contributed by atoms with van der Waals surface area (Å²) in [6.45, 7) is 9.63. The van der Waals surface area contributed by atoms with Gasteiger partial charge >= 0.3 is 5.97 Å². The zero-order valence-corrected chi connectivity index (χ0v) is 20.8. The van der Waals surface area contributed by atoms with E-state index in [9.17, 15) is 4.79 Å². The lowest BCUT2D eigenvalue weighted by Crippen LogP contribution is -2.27. The lowest BCUT2D eigenvalue weighted by molar-refractivity contribution is -0.147. The van der Waals surface area contributed by atoms with Crippen LogP contribution in [-0.2, 0) is 19.0 Å². The van der Waals surface area contributed by atoms with Gasteiger partial charge in [0.15, 0.2) is 0 Å². The van der Waals surface area contributed by atoms with Crippen molar-refractivity contribution in [1.29, 1.82) is 0 Å². The van der Waals surface area contributed by atoms with Gasteiger partial charge in [0.1, 0.15) is 12.7 Å². The zero-order chi connectivity index (χ0) is 22.8. The fourth-order valence-electron chi connectivity index (χ4n) is 3.61. The molecule has 0 spiro atoms. The highest BCUT2D eigenvalue weighted by atomic mass is 16.6. The van der Waals surface area contributed by atoms with Gasteiger partial charge in [-0.25, -0.2) is 0 Å². The molecule has 0 saturated carbocycles. The van der Waals surface area contributed by atoms with Gasteiger partial charge in [0.2, 0.25) is 0 Å². The first-order valence-corrected chi connectivity index (χ1v) is 13.1. The van der Waals surface area contributed by atoms with Crippen molar-refractivity contribution in [2.24, 2.45) is 0 Å². The van der Waals surface area contributed by atoms with E-state index in [1.165, 1.54) is 90.4 Å². The van der Waals surface area contributed by atoms with Crippen molar-refractivity contribution in [2.75, 3.05) is 26.4 Å². The topological polar surface area (TPSA) is 44.8 Å². The van der Waals surface area contributed by atoms with Gasteiger partial charge in [0.25, 0.3) is 0 Å². The molecule has 0 heterocycles. The van der Waals surface area contributed by atoms with Gasteiger partial charge in [-0.1, -0.05) is 96.5 Å². The van der Waals surface area contributed by atoms with E-state index in [2.05, 4.69) is 13.5 Å². The Morgan fingerprint density at radius 3 is 1.77 bits per heavy atom. The Morgan fingerprint density at radius 2 is 1.26 bits per heavy atom. The number of rotatable bonds is 25. The Balaban J connectivity index is 3.48. The van der Waals surface area contributed by atoms with Crippen LogP contribution in [0.2, 0.25) is 0 Å². The normalized spacial score (nSPS) is 12.1. The Bertz CT molecular complexity index is 383. The molecule has 0 aliphatic heterocycles. The van der Waals surface area contributed by atoms with Gasteiger partial charge in [0.05, 0.1) is 6.61 Å². The van der Waals surface area contributed by atoms with Crippen molar-refractivity contribution in [3.63, 3.8) is 0 Å². The average Bonchev–Trinajstić information content (AvgIpc) is 2.76. The Hall–Kier alpha value is -0.870. The largest absolute Gasteiger partial charge is 0.463 e. The Kier molecular flexibility index (Phi) is 24.7. The van der Waals surface area contributed by atoms with Crippen molar-refractivity contribution in [3.8, 4) is 0 Å². The smallest absolute Gasteiger partial charge is 0.302 e. The summed E-state index contributed by atoms with van der Waals surface area (Å²) in [5.74, 6) is -0.271. The molecule has 0 rings (SSSR count). The fraction of sp³-hybridized carbons (Fsp3) is 0.889. The van der Waals surface area contributed by atoms with E-state index in [4.69, 9.17) is 14.2 Å². The van der Waals surface area contributed by atoms with Crippen LogP contribution in [0.3, 0.4) is 0 Å². The van der Waals surface area contributed by atoms with E-state index in [0.29, 0.717) is 13.2 Å². The molecule has 0 aromatic rings. The summed E-state index contributed by atoms with van der Waals surface area (Å²) in [6, 6.07) is 0. The molecular formula is C27H52O4. The molecule has 0 saturated heterocycles. The van der Waals surface area contributed by atoms with Gasteiger partial charge in [-0.2, -0.15) is 0 Å². The summed E-state index contributed by atoms with van der Waals surface area (Å²) < 4.78 is 16.7. The first kappa shape index (κ1) is 30.1. The molecule has 1 unspecified atom stereocenters. The summed E-state index contributed by atoms with van der Waals surface area (Å²) in [4.78, 5) is 11.1. The maximum atomic E-state index is 11.1. The van der Waals surface area contributed by atoms with Crippen LogP contribution >= 0.6 is 0 Å². The van der Waals surface area contributed by atoms with Gasteiger partial charge in [-0.3, -0.25) is 4.79 Å². The van der Waals surface area contributed by atoms with E-state index in [-0.39, 0.29) is 18.7 Å². The first-order valence-electron chi connectivity index (χ1n) is 13.1. The standard InChI is InChI=1S/C27H52O4/c1-4-6-8-10-11-12-13-14-15-16-17-18-19-20-22-29-24-27(25-31-26(3)28)30-23-21-9-7-5-2/h5,27H,2,4,6-25H2,1,3H3. The quantitative estimate of drug-likeness (QED) is 0.0825. The van der Waals surface area contributed by atoms with E-state index in [1.54, 1.807) is 0 Å². The molecule has 0 aromatic carbocycles. The number of hydrogen-bond acceptors (Lipinski definition) is 4. The van der Waals surface area contributed by atoms with Crippen LogP contribution < -0.4 is 0 Å². The van der Waals surface area contributed by atoms with E-state index in [0.717, 1.165) is 32.3 Å². The fourth-order valence-corrected chi connectivity index (χ4v) is 3.61. The Morgan fingerprint density at radius 1 is 0.742 bits per heavy atom. The number of carbonyl (C=O) groups is 1. The third kappa shape index (κ3) is 25.3. The second-order valence-corrected chi connectivity index (χ2v) is 8.75. The molecule has 0 amide bonds. The summed E-state index contributed by atoms with van der Waals surface area (Å²) in [7, 11) is 0. The molecule has 0 fully saturated rings. The monoisotopic (exact) mass is 440 g/mol. The maximum Gasteiger partial charge on any atom is 0.302 e. The van der Waals surface area contributed by atoms with Crippen LogP contribution in [0.1, 0.15) is 123 Å². The van der Waals surface area contributed by atoms with E-state index in [1.807, 2.05) is 6.08 Å². The van der Waals surface area contributed by atoms with Gasteiger partial charge in [-0.15, -0.1) is 6.58 Å². The van der Waals surface area contributed by atoms with Gasteiger partial charge in [-0.05, 0) is 25.7 Å². The van der Waals surface area contributed by atoms with E-state index < -0.39 is 0 Å². The molecule has 0 aromatic heterocycles. The maximum absolute atomic E-state index is 11.1. The second kappa shape index (κ2) is 25.4. The molecule has 0 N–H and O–H groups in total. The van der Waals surface area contributed by atoms with Crippen LogP contribution in [0.4, 0.5) is 0 Å². The van der Waals surface area contributed by atoms with Crippen LogP contribution in [0.25, 0.3) is 0 Å². The highest BCUT2D eigenvalue weighted by Crippen LogP contribution is 2.13. The van der Waals surface area contributed by atoms with Crippen molar-refractivity contribution in [3.05, 3.63) is 12.7 Å². The lowest BCUT2D eigenvalue weighted by Gasteiger charge is -2.18. The SMILES string of the molecule is C=CCCCCOC(COCCCCCCCCCCCCCCCC)COC(C)=O. The summed E-state index contributed by atoms with van der Waals surface area (Å²) in [5, 5.41) is 0. The van der Waals surface area contributed by atoms with E-state index >= 15 is 0 Å². The Labute approximate surface area is 193 Å². The minimum Gasteiger partial charge on any atom is -0.463 e.